The van der Waals surface area contributed by atoms with Crippen molar-refractivity contribution in [2.75, 3.05) is 5.73 Å². The second-order valence-corrected chi connectivity index (χ2v) is 3.34. The predicted octanol–water partition coefficient (Wildman–Crippen LogP) is 1.84. The number of nitrogen functional groups attached to an aromatic ring is 1. The quantitative estimate of drug-likeness (QED) is 0.560. The van der Waals surface area contributed by atoms with E-state index in [9.17, 15) is 4.79 Å². The standard InChI is InChI=1S/C11H16N4O.C2H2/c1-3-4-5-6-8(2)14-11(16)10-9(12)7-13-15-10;1-2/h4-7H,3,12H2,1-2H3,(H,13,15)(H,14,16);1-2H/b5-4-,8-6+;. The van der Waals surface area contributed by atoms with Gasteiger partial charge in [0.05, 0.1) is 11.9 Å². The molecule has 0 aliphatic carbocycles. The maximum absolute atomic E-state index is 11.6. The van der Waals surface area contributed by atoms with Crippen molar-refractivity contribution in [1.82, 2.24) is 15.5 Å². The number of aromatic nitrogens is 2. The lowest BCUT2D eigenvalue weighted by atomic mass is 10.3. The van der Waals surface area contributed by atoms with E-state index in [1.165, 1.54) is 6.20 Å². The number of terminal acetylenes is 1. The lowest BCUT2D eigenvalue weighted by Crippen LogP contribution is -2.22. The fraction of sp³-hybridized carbons (Fsp3) is 0.231. The summed E-state index contributed by atoms with van der Waals surface area (Å²) < 4.78 is 0. The minimum absolute atomic E-state index is 0.284. The maximum Gasteiger partial charge on any atom is 0.275 e. The number of carbonyl (C=O) groups excluding carboxylic acids is 1. The molecule has 1 aromatic heterocycles. The number of amides is 1. The number of hydrogen-bond acceptors (Lipinski definition) is 3. The number of aromatic amines is 1. The van der Waals surface area contributed by atoms with E-state index in [0.29, 0.717) is 5.69 Å². The molecular weight excluding hydrogens is 228 g/mol. The van der Waals surface area contributed by atoms with Crippen LogP contribution in [0, 0.1) is 12.8 Å². The first-order valence-corrected chi connectivity index (χ1v) is 5.42. The molecule has 18 heavy (non-hydrogen) atoms. The second kappa shape index (κ2) is 8.65. The summed E-state index contributed by atoms with van der Waals surface area (Å²) >= 11 is 0. The van der Waals surface area contributed by atoms with Gasteiger partial charge in [0.1, 0.15) is 5.69 Å². The van der Waals surface area contributed by atoms with E-state index in [-0.39, 0.29) is 11.6 Å². The summed E-state index contributed by atoms with van der Waals surface area (Å²) in [4.78, 5) is 11.6. The number of nitrogens with two attached hydrogens (primary N) is 1. The largest absolute Gasteiger partial charge is 0.396 e. The van der Waals surface area contributed by atoms with E-state index in [2.05, 4.69) is 28.4 Å². The van der Waals surface area contributed by atoms with Crippen LogP contribution in [0.1, 0.15) is 30.8 Å². The first kappa shape index (κ1) is 15.5. The summed E-state index contributed by atoms with van der Waals surface area (Å²) in [6, 6.07) is 0. The summed E-state index contributed by atoms with van der Waals surface area (Å²) in [6.45, 7) is 3.86. The molecule has 0 saturated carbocycles. The van der Waals surface area contributed by atoms with Gasteiger partial charge in [0.25, 0.3) is 5.91 Å². The van der Waals surface area contributed by atoms with Crippen molar-refractivity contribution in [1.29, 1.82) is 0 Å². The molecular formula is C13H18N4O. The van der Waals surface area contributed by atoms with E-state index in [4.69, 9.17) is 5.73 Å². The molecule has 1 aromatic rings. The normalized spacial score (nSPS) is 10.8. The highest BCUT2D eigenvalue weighted by molar-refractivity contribution is 5.97. The molecule has 0 fully saturated rings. The zero-order valence-electron chi connectivity index (χ0n) is 10.6. The zero-order valence-corrected chi connectivity index (χ0v) is 10.6. The van der Waals surface area contributed by atoms with Crippen molar-refractivity contribution in [3.05, 3.63) is 35.8 Å². The van der Waals surface area contributed by atoms with E-state index >= 15 is 0 Å². The number of nitrogens with zero attached hydrogens (tertiary/aromatic N) is 1. The van der Waals surface area contributed by atoms with E-state index < -0.39 is 0 Å². The summed E-state index contributed by atoms with van der Waals surface area (Å²) in [5, 5.41) is 8.93. The molecule has 0 unspecified atom stereocenters. The molecule has 1 rings (SSSR count). The third kappa shape index (κ3) is 5.03. The van der Waals surface area contributed by atoms with Crippen LogP contribution in [-0.2, 0) is 0 Å². The Bertz CT molecular complexity index is 455. The minimum Gasteiger partial charge on any atom is -0.396 e. The average Bonchev–Trinajstić information content (AvgIpc) is 2.78. The molecule has 0 saturated heterocycles. The SMILES string of the molecule is C#C.CC/C=C\C=C(/C)NC(=O)c1[nH]ncc1N. The van der Waals surface area contributed by atoms with Gasteiger partial charge >= 0.3 is 0 Å². The molecule has 5 nitrogen and oxygen atoms in total. The van der Waals surface area contributed by atoms with Crippen molar-refractivity contribution in [3.63, 3.8) is 0 Å². The molecule has 0 radical (unpaired) electrons. The number of H-pyrrole nitrogens is 1. The fourth-order valence-electron chi connectivity index (χ4n) is 1.11. The van der Waals surface area contributed by atoms with Gasteiger partial charge < -0.3 is 11.1 Å². The monoisotopic (exact) mass is 246 g/mol. The maximum atomic E-state index is 11.6. The summed E-state index contributed by atoms with van der Waals surface area (Å²) in [5.41, 5.74) is 6.93. The van der Waals surface area contributed by atoms with Gasteiger partial charge in [0.15, 0.2) is 0 Å². The van der Waals surface area contributed by atoms with Crippen molar-refractivity contribution < 1.29 is 4.79 Å². The first-order valence-electron chi connectivity index (χ1n) is 5.42. The number of allylic oxidation sites excluding steroid dienone is 4. The van der Waals surface area contributed by atoms with Gasteiger partial charge in [0, 0.05) is 5.70 Å². The molecule has 96 valence electrons. The third-order valence-electron chi connectivity index (χ3n) is 1.92. The Balaban J connectivity index is 0.00000137. The van der Waals surface area contributed by atoms with Gasteiger partial charge in [-0.15, -0.1) is 12.8 Å². The fourth-order valence-corrected chi connectivity index (χ4v) is 1.11. The first-order chi connectivity index (χ1) is 8.65. The molecule has 0 aliphatic heterocycles. The van der Waals surface area contributed by atoms with Crippen LogP contribution in [0.2, 0.25) is 0 Å². The van der Waals surface area contributed by atoms with Crippen LogP contribution >= 0.6 is 0 Å². The molecule has 0 aromatic carbocycles. The highest BCUT2D eigenvalue weighted by atomic mass is 16.2. The van der Waals surface area contributed by atoms with Gasteiger partial charge in [-0.25, -0.2) is 0 Å². The van der Waals surface area contributed by atoms with Crippen molar-refractivity contribution in [2.45, 2.75) is 20.3 Å². The van der Waals surface area contributed by atoms with Crippen LogP contribution in [-0.4, -0.2) is 16.1 Å². The van der Waals surface area contributed by atoms with E-state index in [1.54, 1.807) is 0 Å². The van der Waals surface area contributed by atoms with Crippen LogP contribution in [0.15, 0.2) is 30.1 Å². The minimum atomic E-state index is -0.284. The number of rotatable bonds is 4. The predicted molar refractivity (Wildman–Crippen MR) is 73.5 cm³/mol. The highest BCUT2D eigenvalue weighted by Crippen LogP contribution is 2.06. The number of nitrogens with one attached hydrogen (secondary N) is 2. The topological polar surface area (TPSA) is 83.8 Å². The Morgan fingerprint density at radius 1 is 1.61 bits per heavy atom. The van der Waals surface area contributed by atoms with E-state index in [1.807, 2.05) is 32.1 Å². The molecule has 4 N–H and O–H groups in total. The Hall–Kier alpha value is -2.48. The van der Waals surface area contributed by atoms with Gasteiger partial charge in [-0.2, -0.15) is 5.10 Å². The smallest absolute Gasteiger partial charge is 0.275 e. The summed E-state index contributed by atoms with van der Waals surface area (Å²) in [6.07, 6.45) is 16.1. The highest BCUT2D eigenvalue weighted by Gasteiger charge is 2.10. The molecule has 0 atom stereocenters. The van der Waals surface area contributed by atoms with Gasteiger partial charge in [-0.05, 0) is 19.4 Å². The molecule has 1 heterocycles. The van der Waals surface area contributed by atoms with Gasteiger partial charge in [0.2, 0.25) is 0 Å². The third-order valence-corrected chi connectivity index (χ3v) is 1.92. The van der Waals surface area contributed by atoms with Crippen molar-refractivity contribution >= 4 is 11.6 Å². The summed E-state index contributed by atoms with van der Waals surface area (Å²) in [7, 11) is 0. The van der Waals surface area contributed by atoms with Crippen LogP contribution in [0.3, 0.4) is 0 Å². The molecule has 5 heteroatoms. The van der Waals surface area contributed by atoms with Crippen molar-refractivity contribution in [3.8, 4) is 12.8 Å². The van der Waals surface area contributed by atoms with Crippen LogP contribution in [0.25, 0.3) is 0 Å². The number of carbonyl (C=O) groups is 1. The Labute approximate surface area is 107 Å². The summed E-state index contributed by atoms with van der Waals surface area (Å²) in [5.74, 6) is -0.284. The van der Waals surface area contributed by atoms with Crippen LogP contribution < -0.4 is 11.1 Å². The molecule has 1 amide bonds. The zero-order chi connectivity index (χ0) is 14.0. The Morgan fingerprint density at radius 2 is 2.28 bits per heavy atom. The van der Waals surface area contributed by atoms with Crippen molar-refractivity contribution in [2.24, 2.45) is 0 Å². The molecule has 0 bridgehead atoms. The van der Waals surface area contributed by atoms with Crippen LogP contribution in [0.4, 0.5) is 5.69 Å². The molecule has 0 spiro atoms. The molecule has 0 aliphatic rings. The Morgan fingerprint density at radius 3 is 2.78 bits per heavy atom. The Kier molecular flexibility index (Phi) is 7.46. The van der Waals surface area contributed by atoms with Gasteiger partial charge in [-0.1, -0.05) is 19.1 Å². The lowest BCUT2D eigenvalue weighted by molar-refractivity contribution is 0.0962. The van der Waals surface area contributed by atoms with Gasteiger partial charge in [-0.3, -0.25) is 9.89 Å². The van der Waals surface area contributed by atoms with Crippen LogP contribution in [0.5, 0.6) is 0 Å². The average molecular weight is 246 g/mol. The number of anilines is 1. The lowest BCUT2D eigenvalue weighted by Gasteiger charge is -2.02. The second-order valence-electron chi connectivity index (χ2n) is 3.34. The number of hydrogen-bond donors (Lipinski definition) is 3. The van der Waals surface area contributed by atoms with E-state index in [0.717, 1.165) is 12.1 Å².